The van der Waals surface area contributed by atoms with E-state index in [0.29, 0.717) is 0 Å². The summed E-state index contributed by atoms with van der Waals surface area (Å²) in [6.07, 6.45) is 7.84. The molecule has 1 N–H and O–H groups in total. The first-order chi connectivity index (χ1) is 8.84. The van der Waals surface area contributed by atoms with Gasteiger partial charge in [0.05, 0.1) is 6.33 Å². The number of rotatable bonds is 6. The number of hydrogen-bond acceptors (Lipinski definition) is 2. The molecular weight excluding hydrogens is 222 g/mol. The maximum absolute atomic E-state index is 4.02. The summed E-state index contributed by atoms with van der Waals surface area (Å²) in [5, 5.41) is 3.43. The molecule has 0 aliphatic heterocycles. The summed E-state index contributed by atoms with van der Waals surface area (Å²) >= 11 is 0. The Balaban J connectivity index is 1.72. The first-order valence-corrected chi connectivity index (χ1v) is 6.23. The van der Waals surface area contributed by atoms with Gasteiger partial charge < -0.3 is 9.88 Å². The zero-order chi connectivity index (χ0) is 12.6. The first-order valence-electron chi connectivity index (χ1n) is 6.23. The van der Waals surface area contributed by atoms with E-state index in [0.717, 1.165) is 19.6 Å². The minimum atomic E-state index is 0.920. The summed E-state index contributed by atoms with van der Waals surface area (Å²) in [5.74, 6) is 0. The second kappa shape index (κ2) is 6.77. The molecule has 0 atom stereocenters. The monoisotopic (exact) mass is 241 g/mol. The van der Waals surface area contributed by atoms with Gasteiger partial charge in [0, 0.05) is 32.0 Å². The van der Waals surface area contributed by atoms with Crippen molar-refractivity contribution in [1.82, 2.24) is 14.9 Å². The number of imidazole rings is 1. The molecule has 0 aliphatic rings. The van der Waals surface area contributed by atoms with Crippen LogP contribution in [0.25, 0.3) is 6.08 Å². The van der Waals surface area contributed by atoms with Crippen LogP contribution in [0, 0.1) is 0 Å². The molecule has 3 nitrogen and oxygen atoms in total. The molecule has 0 amide bonds. The van der Waals surface area contributed by atoms with Gasteiger partial charge in [0.2, 0.25) is 0 Å². The van der Waals surface area contributed by atoms with Crippen LogP contribution in [0.1, 0.15) is 12.5 Å². The van der Waals surface area contributed by atoms with Crippen molar-refractivity contribution in [2.24, 2.45) is 0 Å². The third-order valence-electron chi connectivity index (χ3n) is 2.72. The van der Waals surface area contributed by atoms with Crippen LogP contribution in [-0.2, 0) is 6.54 Å². The first kappa shape index (κ1) is 12.6. The van der Waals surface area contributed by atoms with Gasteiger partial charge in [-0.25, -0.2) is 4.98 Å². The highest BCUT2D eigenvalue weighted by molar-refractivity contribution is 5.52. The fourth-order valence-corrected chi connectivity index (χ4v) is 1.80. The summed E-state index contributed by atoms with van der Waals surface area (Å²) in [5.41, 5.74) is 2.60. The molecule has 0 saturated heterocycles. The van der Waals surface area contributed by atoms with E-state index >= 15 is 0 Å². The summed E-state index contributed by atoms with van der Waals surface area (Å²) in [7, 11) is 0. The predicted octanol–water partition coefficient (Wildman–Crippen LogP) is 2.58. The van der Waals surface area contributed by atoms with Gasteiger partial charge in [0.15, 0.2) is 0 Å². The summed E-state index contributed by atoms with van der Waals surface area (Å²) in [4.78, 5) is 4.02. The second-order valence-electron chi connectivity index (χ2n) is 4.38. The molecule has 0 unspecified atom stereocenters. The van der Waals surface area contributed by atoms with Crippen molar-refractivity contribution in [2.75, 3.05) is 13.1 Å². The Morgan fingerprint density at radius 3 is 2.89 bits per heavy atom. The van der Waals surface area contributed by atoms with Crippen LogP contribution in [0.4, 0.5) is 0 Å². The number of nitrogens with zero attached hydrogens (tertiary/aromatic N) is 2. The van der Waals surface area contributed by atoms with E-state index in [-0.39, 0.29) is 0 Å². The van der Waals surface area contributed by atoms with E-state index in [2.05, 4.69) is 52.1 Å². The van der Waals surface area contributed by atoms with Gasteiger partial charge in [-0.05, 0) is 12.5 Å². The van der Waals surface area contributed by atoms with Gasteiger partial charge in [-0.2, -0.15) is 0 Å². The average Bonchev–Trinajstić information content (AvgIpc) is 2.89. The maximum Gasteiger partial charge on any atom is 0.0946 e. The predicted molar refractivity (Wildman–Crippen MR) is 75.2 cm³/mol. The zero-order valence-corrected chi connectivity index (χ0v) is 10.7. The van der Waals surface area contributed by atoms with Crippen molar-refractivity contribution in [3.05, 3.63) is 60.2 Å². The Labute approximate surface area is 108 Å². The van der Waals surface area contributed by atoms with Crippen LogP contribution < -0.4 is 5.32 Å². The van der Waals surface area contributed by atoms with E-state index in [1.54, 1.807) is 6.20 Å². The lowest BCUT2D eigenvalue weighted by atomic mass is 10.1. The Bertz CT molecular complexity index is 472. The quantitative estimate of drug-likeness (QED) is 0.788. The standard InChI is InChI=1S/C15H19N3/c1-14(11-15-5-3-2-4-6-15)12-16-7-9-18-10-8-17-13-18/h2-6,8,10-11,13,16H,7,9,12H2,1H3/b14-11-. The highest BCUT2D eigenvalue weighted by Crippen LogP contribution is 2.04. The van der Waals surface area contributed by atoms with Crippen LogP contribution in [-0.4, -0.2) is 22.6 Å². The number of nitrogens with one attached hydrogen (secondary N) is 1. The molecule has 0 fully saturated rings. The summed E-state index contributed by atoms with van der Waals surface area (Å²) < 4.78 is 2.07. The Morgan fingerprint density at radius 1 is 1.33 bits per heavy atom. The van der Waals surface area contributed by atoms with Crippen LogP contribution >= 0.6 is 0 Å². The lowest BCUT2D eigenvalue weighted by molar-refractivity contribution is 0.619. The van der Waals surface area contributed by atoms with Crippen molar-refractivity contribution >= 4 is 6.08 Å². The lowest BCUT2D eigenvalue weighted by Crippen LogP contribution is -2.21. The average molecular weight is 241 g/mol. The second-order valence-corrected chi connectivity index (χ2v) is 4.38. The van der Waals surface area contributed by atoms with Gasteiger partial charge in [-0.15, -0.1) is 0 Å². The van der Waals surface area contributed by atoms with Crippen molar-refractivity contribution in [3.8, 4) is 0 Å². The number of benzene rings is 1. The molecular formula is C15H19N3. The van der Waals surface area contributed by atoms with E-state index < -0.39 is 0 Å². The lowest BCUT2D eigenvalue weighted by Gasteiger charge is -2.06. The minimum Gasteiger partial charge on any atom is -0.336 e. The molecule has 1 aromatic carbocycles. The Kier molecular flexibility index (Phi) is 4.73. The van der Waals surface area contributed by atoms with E-state index in [1.807, 2.05) is 18.6 Å². The minimum absolute atomic E-state index is 0.920. The van der Waals surface area contributed by atoms with Crippen LogP contribution in [0.15, 0.2) is 54.6 Å². The smallest absolute Gasteiger partial charge is 0.0946 e. The SMILES string of the molecule is C/C(=C/c1ccccc1)CNCCn1ccnc1. The van der Waals surface area contributed by atoms with Gasteiger partial charge in [-0.1, -0.05) is 42.0 Å². The van der Waals surface area contributed by atoms with Crippen molar-refractivity contribution in [1.29, 1.82) is 0 Å². The molecule has 0 bridgehead atoms. The normalized spacial score (nSPS) is 11.7. The third-order valence-corrected chi connectivity index (χ3v) is 2.72. The molecule has 18 heavy (non-hydrogen) atoms. The molecule has 2 rings (SSSR count). The van der Waals surface area contributed by atoms with Crippen LogP contribution in [0.3, 0.4) is 0 Å². The molecule has 0 aliphatic carbocycles. The summed E-state index contributed by atoms with van der Waals surface area (Å²) in [6.45, 7) is 4.98. The van der Waals surface area contributed by atoms with Crippen molar-refractivity contribution in [2.45, 2.75) is 13.5 Å². The third kappa shape index (κ3) is 4.18. The molecule has 3 heteroatoms. The number of hydrogen-bond donors (Lipinski definition) is 1. The highest BCUT2D eigenvalue weighted by atomic mass is 15.0. The van der Waals surface area contributed by atoms with E-state index in [4.69, 9.17) is 0 Å². The van der Waals surface area contributed by atoms with Crippen LogP contribution in [0.5, 0.6) is 0 Å². The molecule has 1 aromatic heterocycles. The zero-order valence-electron chi connectivity index (χ0n) is 10.7. The van der Waals surface area contributed by atoms with Gasteiger partial charge >= 0.3 is 0 Å². The Morgan fingerprint density at radius 2 is 2.17 bits per heavy atom. The van der Waals surface area contributed by atoms with E-state index in [1.165, 1.54) is 11.1 Å². The molecule has 0 radical (unpaired) electrons. The van der Waals surface area contributed by atoms with Gasteiger partial charge in [0.25, 0.3) is 0 Å². The van der Waals surface area contributed by atoms with Gasteiger partial charge in [0.1, 0.15) is 0 Å². The maximum atomic E-state index is 4.02. The fraction of sp³-hybridized carbons (Fsp3) is 0.267. The fourth-order valence-electron chi connectivity index (χ4n) is 1.80. The molecule has 0 saturated carbocycles. The van der Waals surface area contributed by atoms with Gasteiger partial charge in [-0.3, -0.25) is 0 Å². The topological polar surface area (TPSA) is 29.9 Å². The molecule has 94 valence electrons. The molecule has 1 heterocycles. The van der Waals surface area contributed by atoms with Crippen molar-refractivity contribution in [3.63, 3.8) is 0 Å². The summed E-state index contributed by atoms with van der Waals surface area (Å²) in [6, 6.07) is 10.4. The van der Waals surface area contributed by atoms with E-state index in [9.17, 15) is 0 Å². The molecule has 0 spiro atoms. The Hall–Kier alpha value is -1.87. The van der Waals surface area contributed by atoms with Crippen LogP contribution in [0.2, 0.25) is 0 Å². The van der Waals surface area contributed by atoms with Crippen molar-refractivity contribution < 1.29 is 0 Å². The molecule has 2 aromatic rings. The number of aromatic nitrogens is 2. The highest BCUT2D eigenvalue weighted by Gasteiger charge is 1.92. The largest absolute Gasteiger partial charge is 0.336 e.